The van der Waals surface area contributed by atoms with Crippen LogP contribution in [0.3, 0.4) is 0 Å². The lowest BCUT2D eigenvalue weighted by atomic mass is 10.3. The van der Waals surface area contributed by atoms with E-state index in [4.69, 9.17) is 9.84 Å². The fourth-order valence-electron chi connectivity index (χ4n) is 1.12. The van der Waals surface area contributed by atoms with Crippen LogP contribution < -0.4 is 10.1 Å². The standard InChI is InChI=1S/C11H16BrNO2/c12-10-2-4-11(5-3-10)15-9-1-6-13-7-8-14/h2-5,13-14H,1,6-9H2. The number of ether oxygens (including phenoxy) is 1. The number of halogens is 1. The molecule has 0 aliphatic heterocycles. The highest BCUT2D eigenvalue weighted by Crippen LogP contribution is 2.15. The van der Waals surface area contributed by atoms with Crippen molar-refractivity contribution in [2.75, 3.05) is 26.3 Å². The molecule has 0 aliphatic carbocycles. The summed E-state index contributed by atoms with van der Waals surface area (Å²) in [5.74, 6) is 0.889. The number of nitrogens with one attached hydrogen (secondary N) is 1. The highest BCUT2D eigenvalue weighted by atomic mass is 79.9. The second kappa shape index (κ2) is 7.68. The van der Waals surface area contributed by atoms with Gasteiger partial charge in [0, 0.05) is 11.0 Å². The summed E-state index contributed by atoms with van der Waals surface area (Å²) in [6.45, 7) is 2.41. The first kappa shape index (κ1) is 12.5. The van der Waals surface area contributed by atoms with Gasteiger partial charge in [0.1, 0.15) is 5.75 Å². The molecule has 0 aromatic heterocycles. The third-order valence-electron chi connectivity index (χ3n) is 1.87. The maximum atomic E-state index is 8.53. The van der Waals surface area contributed by atoms with Crippen LogP contribution in [0.25, 0.3) is 0 Å². The van der Waals surface area contributed by atoms with Crippen LogP contribution in [0.4, 0.5) is 0 Å². The summed E-state index contributed by atoms with van der Waals surface area (Å²) in [5.41, 5.74) is 0. The number of hydrogen-bond donors (Lipinski definition) is 2. The molecule has 0 saturated carbocycles. The molecule has 1 aromatic carbocycles. The molecule has 1 aromatic rings. The summed E-state index contributed by atoms with van der Waals surface area (Å²) in [7, 11) is 0. The zero-order chi connectivity index (χ0) is 10.9. The van der Waals surface area contributed by atoms with Crippen LogP contribution in [0.2, 0.25) is 0 Å². The Hall–Kier alpha value is -0.580. The minimum absolute atomic E-state index is 0.188. The Morgan fingerprint density at radius 2 is 1.93 bits per heavy atom. The van der Waals surface area contributed by atoms with Gasteiger partial charge in [-0.3, -0.25) is 0 Å². The molecule has 0 spiro atoms. The molecular formula is C11H16BrNO2. The van der Waals surface area contributed by atoms with Crippen LogP contribution >= 0.6 is 15.9 Å². The zero-order valence-electron chi connectivity index (χ0n) is 8.58. The number of rotatable bonds is 7. The Labute approximate surface area is 98.6 Å². The highest BCUT2D eigenvalue weighted by Gasteiger charge is 1.93. The van der Waals surface area contributed by atoms with Crippen LogP contribution in [0.5, 0.6) is 5.75 Å². The van der Waals surface area contributed by atoms with Gasteiger partial charge in [-0.1, -0.05) is 15.9 Å². The van der Waals surface area contributed by atoms with E-state index in [1.165, 1.54) is 0 Å². The number of benzene rings is 1. The molecular weight excluding hydrogens is 258 g/mol. The smallest absolute Gasteiger partial charge is 0.119 e. The molecule has 3 nitrogen and oxygen atoms in total. The van der Waals surface area contributed by atoms with Crippen LogP contribution in [0, 0.1) is 0 Å². The third-order valence-corrected chi connectivity index (χ3v) is 2.40. The van der Waals surface area contributed by atoms with E-state index in [9.17, 15) is 0 Å². The van der Waals surface area contributed by atoms with Gasteiger partial charge in [0.25, 0.3) is 0 Å². The van der Waals surface area contributed by atoms with E-state index >= 15 is 0 Å². The molecule has 0 amide bonds. The van der Waals surface area contributed by atoms with Crippen LogP contribution in [0.15, 0.2) is 28.7 Å². The minimum atomic E-state index is 0.188. The molecule has 2 N–H and O–H groups in total. The Kier molecular flexibility index (Phi) is 6.39. The monoisotopic (exact) mass is 273 g/mol. The first-order chi connectivity index (χ1) is 7.33. The minimum Gasteiger partial charge on any atom is -0.494 e. The molecule has 0 unspecified atom stereocenters. The number of aliphatic hydroxyl groups excluding tert-OH is 1. The molecule has 0 saturated heterocycles. The van der Waals surface area contributed by atoms with Gasteiger partial charge < -0.3 is 15.2 Å². The van der Waals surface area contributed by atoms with E-state index < -0.39 is 0 Å². The average Bonchev–Trinajstić information content (AvgIpc) is 2.26. The summed E-state index contributed by atoms with van der Waals surface area (Å²) in [5, 5.41) is 11.6. The molecule has 0 heterocycles. The molecule has 4 heteroatoms. The topological polar surface area (TPSA) is 41.5 Å². The van der Waals surface area contributed by atoms with Crippen LogP contribution in [0.1, 0.15) is 6.42 Å². The van der Waals surface area contributed by atoms with E-state index in [0.29, 0.717) is 13.2 Å². The third kappa shape index (κ3) is 5.77. The summed E-state index contributed by atoms with van der Waals surface area (Å²) < 4.78 is 6.57. The normalized spacial score (nSPS) is 10.3. The molecule has 0 atom stereocenters. The second-order valence-corrected chi connectivity index (χ2v) is 4.05. The summed E-state index contributed by atoms with van der Waals surface area (Å²) in [4.78, 5) is 0. The van der Waals surface area contributed by atoms with E-state index in [1.807, 2.05) is 24.3 Å². The van der Waals surface area contributed by atoms with E-state index in [-0.39, 0.29) is 6.61 Å². The van der Waals surface area contributed by atoms with E-state index in [0.717, 1.165) is 23.2 Å². The second-order valence-electron chi connectivity index (χ2n) is 3.13. The van der Waals surface area contributed by atoms with Gasteiger partial charge >= 0.3 is 0 Å². The average molecular weight is 274 g/mol. The molecule has 15 heavy (non-hydrogen) atoms. The van der Waals surface area contributed by atoms with Crippen molar-refractivity contribution in [3.05, 3.63) is 28.7 Å². The van der Waals surface area contributed by atoms with Gasteiger partial charge in [0.05, 0.1) is 13.2 Å². The van der Waals surface area contributed by atoms with Gasteiger partial charge in [-0.05, 0) is 37.2 Å². The lowest BCUT2D eigenvalue weighted by Crippen LogP contribution is -2.20. The predicted molar refractivity (Wildman–Crippen MR) is 64.2 cm³/mol. The SMILES string of the molecule is OCCNCCCOc1ccc(Br)cc1. The summed E-state index contributed by atoms with van der Waals surface area (Å²) in [6, 6.07) is 7.79. The van der Waals surface area contributed by atoms with Crippen molar-refractivity contribution < 1.29 is 9.84 Å². The molecule has 0 fully saturated rings. The fraction of sp³-hybridized carbons (Fsp3) is 0.455. The van der Waals surface area contributed by atoms with Crippen molar-refractivity contribution in [3.8, 4) is 5.75 Å². The quantitative estimate of drug-likeness (QED) is 0.745. The summed E-state index contributed by atoms with van der Waals surface area (Å²) in [6.07, 6.45) is 0.941. The van der Waals surface area contributed by atoms with Crippen molar-refractivity contribution in [2.24, 2.45) is 0 Å². The largest absolute Gasteiger partial charge is 0.494 e. The number of aliphatic hydroxyl groups is 1. The summed E-state index contributed by atoms with van der Waals surface area (Å²) >= 11 is 3.37. The van der Waals surface area contributed by atoms with Crippen molar-refractivity contribution in [1.29, 1.82) is 0 Å². The van der Waals surface area contributed by atoms with Crippen molar-refractivity contribution in [1.82, 2.24) is 5.32 Å². The molecule has 0 bridgehead atoms. The van der Waals surface area contributed by atoms with Crippen molar-refractivity contribution >= 4 is 15.9 Å². The first-order valence-corrected chi connectivity index (χ1v) is 5.82. The Balaban J connectivity index is 2.07. The molecule has 1 rings (SSSR count). The number of hydrogen-bond acceptors (Lipinski definition) is 3. The van der Waals surface area contributed by atoms with Crippen LogP contribution in [-0.2, 0) is 0 Å². The fourth-order valence-corrected chi connectivity index (χ4v) is 1.39. The van der Waals surface area contributed by atoms with Crippen molar-refractivity contribution in [2.45, 2.75) is 6.42 Å². The molecule has 0 radical (unpaired) electrons. The van der Waals surface area contributed by atoms with Gasteiger partial charge in [0.15, 0.2) is 0 Å². The Morgan fingerprint density at radius 3 is 2.60 bits per heavy atom. The van der Waals surface area contributed by atoms with Crippen molar-refractivity contribution in [3.63, 3.8) is 0 Å². The van der Waals surface area contributed by atoms with Gasteiger partial charge in [-0.25, -0.2) is 0 Å². The highest BCUT2D eigenvalue weighted by molar-refractivity contribution is 9.10. The maximum absolute atomic E-state index is 8.53. The molecule has 84 valence electrons. The van der Waals surface area contributed by atoms with Gasteiger partial charge in [0.2, 0.25) is 0 Å². The lowest BCUT2D eigenvalue weighted by molar-refractivity contribution is 0.282. The van der Waals surface area contributed by atoms with E-state index in [1.54, 1.807) is 0 Å². The predicted octanol–water partition coefficient (Wildman–Crippen LogP) is 1.80. The van der Waals surface area contributed by atoms with Crippen LogP contribution in [-0.4, -0.2) is 31.4 Å². The van der Waals surface area contributed by atoms with Gasteiger partial charge in [-0.2, -0.15) is 0 Å². The van der Waals surface area contributed by atoms with E-state index in [2.05, 4.69) is 21.2 Å². The molecule has 0 aliphatic rings. The van der Waals surface area contributed by atoms with Gasteiger partial charge in [-0.15, -0.1) is 0 Å². The maximum Gasteiger partial charge on any atom is 0.119 e. The first-order valence-electron chi connectivity index (χ1n) is 5.03. The zero-order valence-corrected chi connectivity index (χ0v) is 10.2. The Bertz CT molecular complexity index is 264. The lowest BCUT2D eigenvalue weighted by Gasteiger charge is -2.06. The Morgan fingerprint density at radius 1 is 1.20 bits per heavy atom.